The highest BCUT2D eigenvalue weighted by molar-refractivity contribution is 7.15. The molecule has 1 unspecified atom stereocenters. The Bertz CT molecular complexity index is 1310. The summed E-state index contributed by atoms with van der Waals surface area (Å²) >= 11 is 1.62. The Kier molecular flexibility index (Phi) is 7.94. The van der Waals surface area contributed by atoms with Crippen LogP contribution in [0.3, 0.4) is 0 Å². The molecule has 0 N–H and O–H groups in total. The lowest BCUT2D eigenvalue weighted by Crippen LogP contribution is -2.33. The van der Waals surface area contributed by atoms with E-state index in [0.29, 0.717) is 12.0 Å². The van der Waals surface area contributed by atoms with Gasteiger partial charge in [0.1, 0.15) is 5.82 Å². The second-order valence-electron chi connectivity index (χ2n) is 8.73. The molecule has 0 aliphatic rings. The lowest BCUT2D eigenvalue weighted by molar-refractivity contribution is -0.172. The molecule has 0 aliphatic heterocycles. The maximum Gasteiger partial charge on any atom is 0.377 e. The van der Waals surface area contributed by atoms with Crippen molar-refractivity contribution in [2.75, 3.05) is 6.61 Å². The van der Waals surface area contributed by atoms with Gasteiger partial charge in [-0.25, -0.2) is 9.18 Å². The van der Waals surface area contributed by atoms with Gasteiger partial charge in [0.05, 0.1) is 6.61 Å². The van der Waals surface area contributed by atoms with E-state index in [1.54, 1.807) is 35.6 Å². The molecule has 36 heavy (non-hydrogen) atoms. The normalized spacial score (nSPS) is 12.4. The van der Waals surface area contributed by atoms with Gasteiger partial charge < -0.3 is 4.74 Å². The van der Waals surface area contributed by atoms with Crippen LogP contribution in [0.1, 0.15) is 46.4 Å². The second kappa shape index (κ2) is 11.1. The molecule has 0 aliphatic carbocycles. The van der Waals surface area contributed by atoms with E-state index in [4.69, 9.17) is 0 Å². The summed E-state index contributed by atoms with van der Waals surface area (Å²) < 4.78 is 47.6. The molecule has 2 nitrogen and oxygen atoms in total. The van der Waals surface area contributed by atoms with Crippen LogP contribution in [0.5, 0.6) is 0 Å². The fraction of sp³-hybridized carbons (Fsp3) is 0.233. The Morgan fingerprint density at radius 1 is 0.944 bits per heavy atom. The molecule has 0 saturated carbocycles. The third-order valence-corrected chi connectivity index (χ3v) is 7.30. The number of carbonyl (C=O) groups is 1. The minimum Gasteiger partial charge on any atom is -0.462 e. The van der Waals surface area contributed by atoms with Crippen LogP contribution in [0, 0.1) is 12.7 Å². The number of benzene rings is 3. The summed E-state index contributed by atoms with van der Waals surface area (Å²) in [7, 11) is 0. The highest BCUT2D eigenvalue weighted by Crippen LogP contribution is 2.37. The van der Waals surface area contributed by atoms with Crippen LogP contribution in [0.15, 0.2) is 84.9 Å². The minimum absolute atomic E-state index is 0.0974. The zero-order chi connectivity index (χ0) is 25.7. The maximum atomic E-state index is 14.8. The second-order valence-corrected chi connectivity index (χ2v) is 9.90. The van der Waals surface area contributed by atoms with Crippen molar-refractivity contribution in [2.24, 2.45) is 0 Å². The van der Waals surface area contributed by atoms with Crippen molar-refractivity contribution in [1.82, 2.24) is 0 Å². The number of esters is 1. The maximum absolute atomic E-state index is 14.8. The molecule has 6 heteroatoms. The van der Waals surface area contributed by atoms with Gasteiger partial charge in [-0.15, -0.1) is 11.3 Å². The van der Waals surface area contributed by atoms with Crippen molar-refractivity contribution in [1.29, 1.82) is 0 Å². The number of hydrogen-bond acceptors (Lipinski definition) is 3. The van der Waals surface area contributed by atoms with Gasteiger partial charge in [-0.3, -0.25) is 0 Å². The van der Waals surface area contributed by atoms with Crippen LogP contribution in [0.4, 0.5) is 13.2 Å². The van der Waals surface area contributed by atoms with Gasteiger partial charge in [0, 0.05) is 28.5 Å². The predicted octanol–water partition coefficient (Wildman–Crippen LogP) is 8.17. The number of thiophene rings is 1. The van der Waals surface area contributed by atoms with Crippen LogP contribution >= 0.6 is 11.3 Å². The van der Waals surface area contributed by atoms with Crippen molar-refractivity contribution in [3.8, 4) is 10.4 Å². The van der Waals surface area contributed by atoms with Gasteiger partial charge in [-0.05, 0) is 65.9 Å². The molecule has 4 aromatic rings. The molecule has 0 saturated heterocycles. The van der Waals surface area contributed by atoms with E-state index in [-0.39, 0.29) is 12.4 Å². The summed E-state index contributed by atoms with van der Waals surface area (Å²) in [5.41, 5.74) is 4.47. The van der Waals surface area contributed by atoms with Crippen LogP contribution in [0.25, 0.3) is 10.4 Å². The molecule has 0 bridgehead atoms. The van der Waals surface area contributed by atoms with E-state index >= 15 is 0 Å². The SMILES string of the molecule is CCOC(=O)C(F)(F)CC(c1ccccc1)c1ccc(C)c(Cc2ccc(-c3ccc(F)cc3)s2)c1. The minimum atomic E-state index is -3.61. The standard InChI is InChI=1S/C30H27F3O2S/c1-3-35-29(34)30(32,33)19-27(21-7-5-4-6-8-21)23-10-9-20(2)24(17-23)18-26-15-16-28(36-26)22-11-13-25(31)14-12-22/h4-17,27H,3,18-19H2,1-2H3. The number of ether oxygens (including phenoxy) is 1. The fourth-order valence-electron chi connectivity index (χ4n) is 4.22. The van der Waals surface area contributed by atoms with Crippen molar-refractivity contribution < 1.29 is 22.7 Å². The number of carbonyl (C=O) groups excluding carboxylic acids is 1. The molecule has 0 amide bonds. The quantitative estimate of drug-likeness (QED) is 0.213. The summed E-state index contributed by atoms with van der Waals surface area (Å²) in [5, 5.41) is 0. The zero-order valence-electron chi connectivity index (χ0n) is 20.1. The first-order valence-corrected chi connectivity index (χ1v) is 12.6. The number of aryl methyl sites for hydroxylation is 1. The first-order valence-electron chi connectivity index (χ1n) is 11.8. The summed E-state index contributed by atoms with van der Waals surface area (Å²) in [6.45, 7) is 3.42. The molecule has 0 fully saturated rings. The van der Waals surface area contributed by atoms with Gasteiger partial charge in [0.2, 0.25) is 0 Å². The lowest BCUT2D eigenvalue weighted by Gasteiger charge is -2.24. The first kappa shape index (κ1) is 25.7. The smallest absolute Gasteiger partial charge is 0.377 e. The van der Waals surface area contributed by atoms with Crippen LogP contribution in [-0.2, 0) is 16.0 Å². The summed E-state index contributed by atoms with van der Waals surface area (Å²) in [6.07, 6.45) is -0.0343. The molecule has 186 valence electrons. The highest BCUT2D eigenvalue weighted by atomic mass is 32.1. The third-order valence-electron chi connectivity index (χ3n) is 6.17. The van der Waals surface area contributed by atoms with E-state index in [1.807, 2.05) is 55.5 Å². The summed E-state index contributed by atoms with van der Waals surface area (Å²) in [5.74, 6) is -6.06. The Morgan fingerprint density at radius 3 is 2.36 bits per heavy atom. The Hall–Kier alpha value is -3.38. The molecule has 3 aromatic carbocycles. The summed E-state index contributed by atoms with van der Waals surface area (Å²) in [4.78, 5) is 14.1. The van der Waals surface area contributed by atoms with Gasteiger partial charge in [-0.2, -0.15) is 8.78 Å². The van der Waals surface area contributed by atoms with Crippen molar-refractivity contribution in [3.63, 3.8) is 0 Å². The van der Waals surface area contributed by atoms with E-state index in [1.165, 1.54) is 19.1 Å². The molecule has 1 heterocycles. The van der Waals surface area contributed by atoms with Gasteiger partial charge in [0.25, 0.3) is 0 Å². The van der Waals surface area contributed by atoms with E-state index in [0.717, 1.165) is 32.0 Å². The Morgan fingerprint density at radius 2 is 1.67 bits per heavy atom. The van der Waals surface area contributed by atoms with Crippen LogP contribution in [0.2, 0.25) is 0 Å². The third kappa shape index (κ3) is 6.05. The van der Waals surface area contributed by atoms with Gasteiger partial charge >= 0.3 is 11.9 Å². The lowest BCUT2D eigenvalue weighted by atomic mass is 9.84. The van der Waals surface area contributed by atoms with Crippen molar-refractivity contribution >= 4 is 17.3 Å². The Balaban J connectivity index is 1.64. The van der Waals surface area contributed by atoms with E-state index in [2.05, 4.69) is 4.74 Å². The predicted molar refractivity (Wildman–Crippen MR) is 138 cm³/mol. The largest absolute Gasteiger partial charge is 0.462 e. The molecule has 0 spiro atoms. The zero-order valence-corrected chi connectivity index (χ0v) is 21.0. The van der Waals surface area contributed by atoms with Gasteiger partial charge in [-0.1, -0.05) is 60.7 Å². The number of rotatable bonds is 9. The molecular formula is C30H27F3O2S. The highest BCUT2D eigenvalue weighted by Gasteiger charge is 2.43. The Labute approximate surface area is 213 Å². The molecule has 1 aromatic heterocycles. The molecule has 1 atom stereocenters. The monoisotopic (exact) mass is 508 g/mol. The van der Waals surface area contributed by atoms with E-state index < -0.39 is 24.2 Å². The van der Waals surface area contributed by atoms with Crippen molar-refractivity contribution in [2.45, 2.75) is 38.5 Å². The molecular weight excluding hydrogens is 481 g/mol. The number of hydrogen-bond donors (Lipinski definition) is 0. The fourth-order valence-corrected chi connectivity index (χ4v) is 5.25. The first-order chi connectivity index (χ1) is 17.3. The van der Waals surface area contributed by atoms with Gasteiger partial charge in [0.15, 0.2) is 0 Å². The summed E-state index contributed by atoms with van der Waals surface area (Å²) in [6, 6.07) is 25.3. The van der Waals surface area contributed by atoms with Crippen molar-refractivity contribution in [3.05, 3.63) is 118 Å². The van der Waals surface area contributed by atoms with Crippen LogP contribution in [-0.4, -0.2) is 18.5 Å². The topological polar surface area (TPSA) is 26.3 Å². The van der Waals surface area contributed by atoms with Crippen LogP contribution < -0.4 is 0 Å². The number of alkyl halides is 2. The van der Waals surface area contributed by atoms with E-state index in [9.17, 15) is 18.0 Å². The average molecular weight is 509 g/mol. The number of halogens is 3. The molecule has 4 rings (SSSR count). The molecule has 0 radical (unpaired) electrons. The average Bonchev–Trinajstić information content (AvgIpc) is 3.34.